The SMILES string of the molecule is Cc1noc(C)c1COc1ccc(CC(=O)O[C@@H]2CCCCC2=O)cc1. The van der Waals surface area contributed by atoms with Gasteiger partial charge in [0, 0.05) is 6.42 Å². The van der Waals surface area contributed by atoms with Crippen LogP contribution in [0, 0.1) is 13.8 Å². The molecule has 6 nitrogen and oxygen atoms in total. The maximum Gasteiger partial charge on any atom is 0.310 e. The molecule has 1 heterocycles. The Balaban J connectivity index is 1.51. The summed E-state index contributed by atoms with van der Waals surface area (Å²) in [5, 5.41) is 3.90. The number of esters is 1. The van der Waals surface area contributed by atoms with Crippen molar-refractivity contribution in [2.45, 2.75) is 58.7 Å². The number of ether oxygens (including phenoxy) is 2. The number of hydrogen-bond acceptors (Lipinski definition) is 6. The average molecular weight is 357 g/mol. The minimum atomic E-state index is -0.561. The Bertz CT molecular complexity index is 758. The van der Waals surface area contributed by atoms with E-state index in [0.29, 0.717) is 25.2 Å². The highest BCUT2D eigenvalue weighted by molar-refractivity contribution is 5.86. The first-order valence-corrected chi connectivity index (χ1v) is 8.88. The number of carbonyl (C=O) groups is 2. The summed E-state index contributed by atoms with van der Waals surface area (Å²) >= 11 is 0. The highest BCUT2D eigenvalue weighted by atomic mass is 16.5. The van der Waals surface area contributed by atoms with Crippen molar-refractivity contribution in [1.82, 2.24) is 5.16 Å². The number of hydrogen-bond donors (Lipinski definition) is 0. The van der Waals surface area contributed by atoms with E-state index < -0.39 is 6.10 Å². The van der Waals surface area contributed by atoms with Crippen LogP contribution in [0.3, 0.4) is 0 Å². The molecule has 6 heteroatoms. The quantitative estimate of drug-likeness (QED) is 0.737. The number of aromatic nitrogens is 1. The van der Waals surface area contributed by atoms with Crippen LogP contribution in [0.2, 0.25) is 0 Å². The Morgan fingerprint density at radius 2 is 2.00 bits per heavy atom. The largest absolute Gasteiger partial charge is 0.489 e. The van der Waals surface area contributed by atoms with Crippen LogP contribution in [0.1, 0.15) is 48.3 Å². The summed E-state index contributed by atoms with van der Waals surface area (Å²) in [6.45, 7) is 4.11. The Hall–Kier alpha value is -2.63. The topological polar surface area (TPSA) is 78.6 Å². The summed E-state index contributed by atoms with van der Waals surface area (Å²) in [5.74, 6) is 1.12. The maximum atomic E-state index is 12.0. The van der Waals surface area contributed by atoms with Crippen LogP contribution in [0.25, 0.3) is 0 Å². The van der Waals surface area contributed by atoms with Crippen LogP contribution < -0.4 is 4.74 Å². The molecule has 1 aliphatic carbocycles. The molecule has 1 aliphatic rings. The van der Waals surface area contributed by atoms with E-state index in [2.05, 4.69) is 5.16 Å². The molecule has 0 N–H and O–H groups in total. The van der Waals surface area contributed by atoms with Crippen LogP contribution >= 0.6 is 0 Å². The van der Waals surface area contributed by atoms with Gasteiger partial charge in [-0.1, -0.05) is 17.3 Å². The van der Waals surface area contributed by atoms with Gasteiger partial charge in [0.2, 0.25) is 0 Å². The predicted molar refractivity (Wildman–Crippen MR) is 93.8 cm³/mol. The second kappa shape index (κ2) is 8.17. The molecule has 0 unspecified atom stereocenters. The summed E-state index contributed by atoms with van der Waals surface area (Å²) in [6.07, 6.45) is 2.56. The third-order valence-corrected chi connectivity index (χ3v) is 4.61. The monoisotopic (exact) mass is 357 g/mol. The van der Waals surface area contributed by atoms with Gasteiger partial charge in [-0.3, -0.25) is 9.59 Å². The van der Waals surface area contributed by atoms with Crippen molar-refractivity contribution in [2.75, 3.05) is 0 Å². The lowest BCUT2D eigenvalue weighted by atomic mass is 9.96. The Morgan fingerprint density at radius 1 is 1.23 bits per heavy atom. The lowest BCUT2D eigenvalue weighted by molar-refractivity contribution is -0.156. The molecular formula is C20H23NO5. The standard InChI is InChI=1S/C20H23NO5/c1-13-17(14(2)26-21-13)12-24-16-9-7-15(8-10-16)11-20(23)25-19-6-4-3-5-18(19)22/h7-10,19H,3-6,11-12H2,1-2H3/t19-/m1/s1. The molecule has 1 saturated carbocycles. The van der Waals surface area contributed by atoms with Crippen LogP contribution in [0.4, 0.5) is 0 Å². The molecule has 3 rings (SSSR count). The van der Waals surface area contributed by atoms with Gasteiger partial charge in [-0.2, -0.15) is 0 Å². The highest BCUT2D eigenvalue weighted by Gasteiger charge is 2.25. The Labute approximate surface area is 152 Å². The molecule has 26 heavy (non-hydrogen) atoms. The highest BCUT2D eigenvalue weighted by Crippen LogP contribution is 2.20. The minimum absolute atomic E-state index is 0.0349. The number of Topliss-reactive ketones (excluding diaryl/α,β-unsaturated/α-hetero) is 1. The maximum absolute atomic E-state index is 12.0. The number of ketones is 1. The molecule has 0 bridgehead atoms. The molecule has 1 aromatic heterocycles. The molecule has 0 radical (unpaired) electrons. The molecule has 1 fully saturated rings. The lowest BCUT2D eigenvalue weighted by Gasteiger charge is -2.20. The minimum Gasteiger partial charge on any atom is -0.489 e. The van der Waals surface area contributed by atoms with Gasteiger partial charge >= 0.3 is 5.97 Å². The van der Waals surface area contributed by atoms with Crippen LogP contribution in [0.15, 0.2) is 28.8 Å². The summed E-state index contributed by atoms with van der Waals surface area (Å²) < 4.78 is 16.2. The van der Waals surface area contributed by atoms with Gasteiger partial charge in [0.1, 0.15) is 18.1 Å². The summed E-state index contributed by atoms with van der Waals surface area (Å²) in [4.78, 5) is 23.8. The van der Waals surface area contributed by atoms with Crippen LogP contribution in [-0.2, 0) is 27.4 Å². The first-order chi connectivity index (χ1) is 12.5. The van der Waals surface area contributed by atoms with E-state index in [4.69, 9.17) is 14.0 Å². The fourth-order valence-electron chi connectivity index (χ4n) is 3.01. The van der Waals surface area contributed by atoms with Gasteiger partial charge in [-0.25, -0.2) is 0 Å². The van der Waals surface area contributed by atoms with Crippen molar-refractivity contribution in [1.29, 1.82) is 0 Å². The first kappa shape index (κ1) is 18.2. The zero-order valence-electron chi connectivity index (χ0n) is 15.1. The van der Waals surface area contributed by atoms with E-state index in [-0.39, 0.29) is 18.2 Å². The second-order valence-corrected chi connectivity index (χ2v) is 6.60. The third-order valence-electron chi connectivity index (χ3n) is 4.61. The Morgan fingerprint density at radius 3 is 2.65 bits per heavy atom. The van der Waals surface area contributed by atoms with E-state index in [1.54, 1.807) is 0 Å². The number of rotatable bonds is 6. The number of nitrogens with zero attached hydrogens (tertiary/aromatic N) is 1. The lowest BCUT2D eigenvalue weighted by Crippen LogP contribution is -2.30. The molecule has 0 saturated heterocycles. The van der Waals surface area contributed by atoms with Crippen LogP contribution in [-0.4, -0.2) is 23.0 Å². The van der Waals surface area contributed by atoms with Gasteiger partial charge in [0.15, 0.2) is 11.9 Å². The first-order valence-electron chi connectivity index (χ1n) is 8.88. The van der Waals surface area contributed by atoms with Gasteiger partial charge in [0.05, 0.1) is 17.7 Å². The van der Waals surface area contributed by atoms with E-state index in [9.17, 15) is 9.59 Å². The second-order valence-electron chi connectivity index (χ2n) is 6.60. The Kier molecular flexibility index (Phi) is 5.71. The van der Waals surface area contributed by atoms with Crippen molar-refractivity contribution < 1.29 is 23.6 Å². The fraction of sp³-hybridized carbons (Fsp3) is 0.450. The van der Waals surface area contributed by atoms with E-state index >= 15 is 0 Å². The zero-order chi connectivity index (χ0) is 18.5. The van der Waals surface area contributed by atoms with Gasteiger partial charge in [-0.05, 0) is 50.8 Å². The van der Waals surface area contributed by atoms with Crippen molar-refractivity contribution in [3.63, 3.8) is 0 Å². The number of aryl methyl sites for hydroxylation is 2. The van der Waals surface area contributed by atoms with Crippen molar-refractivity contribution in [2.24, 2.45) is 0 Å². The molecule has 0 spiro atoms. The number of carbonyl (C=O) groups excluding carboxylic acids is 2. The molecule has 2 aromatic rings. The fourth-order valence-corrected chi connectivity index (χ4v) is 3.01. The summed E-state index contributed by atoms with van der Waals surface area (Å²) in [6, 6.07) is 7.28. The average Bonchev–Trinajstić information content (AvgIpc) is 2.94. The van der Waals surface area contributed by atoms with Crippen molar-refractivity contribution >= 4 is 11.8 Å². The van der Waals surface area contributed by atoms with Gasteiger partial charge in [0.25, 0.3) is 0 Å². The zero-order valence-corrected chi connectivity index (χ0v) is 15.1. The number of benzene rings is 1. The van der Waals surface area contributed by atoms with E-state index in [1.807, 2.05) is 38.1 Å². The summed E-state index contributed by atoms with van der Waals surface area (Å²) in [5.41, 5.74) is 2.58. The molecule has 0 aliphatic heterocycles. The normalized spacial score (nSPS) is 17.2. The smallest absolute Gasteiger partial charge is 0.310 e. The van der Waals surface area contributed by atoms with E-state index in [1.165, 1.54) is 0 Å². The molecular weight excluding hydrogens is 334 g/mol. The molecule has 0 amide bonds. The summed E-state index contributed by atoms with van der Waals surface area (Å²) in [7, 11) is 0. The van der Waals surface area contributed by atoms with E-state index in [0.717, 1.165) is 35.4 Å². The third kappa shape index (κ3) is 4.50. The molecule has 1 aromatic carbocycles. The predicted octanol–water partition coefficient (Wildman–Crippen LogP) is 3.47. The van der Waals surface area contributed by atoms with Crippen molar-refractivity contribution in [3.05, 3.63) is 46.8 Å². The van der Waals surface area contributed by atoms with Gasteiger partial charge < -0.3 is 14.0 Å². The molecule has 138 valence electrons. The van der Waals surface area contributed by atoms with Crippen molar-refractivity contribution in [3.8, 4) is 5.75 Å². The van der Waals surface area contributed by atoms with Crippen LogP contribution in [0.5, 0.6) is 5.75 Å². The molecule has 1 atom stereocenters. The van der Waals surface area contributed by atoms with Gasteiger partial charge in [-0.15, -0.1) is 0 Å².